The van der Waals surface area contributed by atoms with Gasteiger partial charge in [0.05, 0.1) is 12.3 Å². The third kappa shape index (κ3) is 3.42. The van der Waals surface area contributed by atoms with Crippen LogP contribution in [0.5, 0.6) is 0 Å². The number of carbonyl (C=O) groups is 2. The molecule has 30 heavy (non-hydrogen) atoms. The van der Waals surface area contributed by atoms with Gasteiger partial charge in [-0.1, -0.05) is 54.6 Å². The molecule has 5 rings (SSSR count). The molecular formula is C26H30N2O2. The Labute approximate surface area is 178 Å². The van der Waals surface area contributed by atoms with E-state index in [1.54, 1.807) is 0 Å². The molecule has 2 aliphatic heterocycles. The van der Waals surface area contributed by atoms with Crippen molar-refractivity contribution < 1.29 is 9.59 Å². The minimum Gasteiger partial charge on any atom is -0.342 e. The third-order valence-electron chi connectivity index (χ3n) is 7.49. The molecule has 0 aromatic heterocycles. The van der Waals surface area contributed by atoms with Crippen molar-refractivity contribution in [1.29, 1.82) is 0 Å². The molecule has 1 spiro atoms. The Hall–Kier alpha value is -2.62. The quantitative estimate of drug-likeness (QED) is 0.781. The highest BCUT2D eigenvalue weighted by molar-refractivity contribution is 5.86. The van der Waals surface area contributed by atoms with Gasteiger partial charge in [0.1, 0.15) is 0 Å². The summed E-state index contributed by atoms with van der Waals surface area (Å²) in [4.78, 5) is 30.2. The van der Waals surface area contributed by atoms with Crippen LogP contribution in [-0.2, 0) is 21.4 Å². The summed E-state index contributed by atoms with van der Waals surface area (Å²) in [5.74, 6) is 0.525. The first-order valence-corrected chi connectivity index (χ1v) is 11.4. The molecule has 1 unspecified atom stereocenters. The summed E-state index contributed by atoms with van der Waals surface area (Å²) in [7, 11) is 0. The summed E-state index contributed by atoms with van der Waals surface area (Å²) in [6, 6.07) is 18.6. The molecule has 0 N–H and O–H groups in total. The Morgan fingerprint density at radius 3 is 2.23 bits per heavy atom. The number of likely N-dealkylation sites (tertiary alicyclic amines) is 2. The maximum atomic E-state index is 13.3. The summed E-state index contributed by atoms with van der Waals surface area (Å²) < 4.78 is 0. The van der Waals surface area contributed by atoms with Crippen LogP contribution in [0.3, 0.4) is 0 Å². The van der Waals surface area contributed by atoms with Crippen LogP contribution < -0.4 is 0 Å². The number of amides is 2. The van der Waals surface area contributed by atoms with Crippen molar-refractivity contribution >= 4 is 11.8 Å². The highest BCUT2D eigenvalue weighted by Gasteiger charge is 2.48. The molecular weight excluding hydrogens is 372 g/mol. The first kappa shape index (κ1) is 19.3. The van der Waals surface area contributed by atoms with Gasteiger partial charge in [-0.25, -0.2) is 0 Å². The van der Waals surface area contributed by atoms with Gasteiger partial charge in [0, 0.05) is 31.6 Å². The zero-order valence-electron chi connectivity index (χ0n) is 17.6. The number of benzene rings is 2. The van der Waals surface area contributed by atoms with Crippen LogP contribution in [0.4, 0.5) is 0 Å². The predicted molar refractivity (Wildman–Crippen MR) is 117 cm³/mol. The Bertz CT molecular complexity index is 925. The summed E-state index contributed by atoms with van der Waals surface area (Å²) in [5.41, 5.74) is 3.71. The number of nitrogens with zero attached hydrogens (tertiary/aromatic N) is 2. The van der Waals surface area contributed by atoms with E-state index < -0.39 is 0 Å². The highest BCUT2D eigenvalue weighted by atomic mass is 16.2. The number of hydrogen-bond acceptors (Lipinski definition) is 2. The molecule has 2 aromatic carbocycles. The second kappa shape index (κ2) is 7.90. The van der Waals surface area contributed by atoms with Crippen LogP contribution in [0.1, 0.15) is 54.7 Å². The van der Waals surface area contributed by atoms with Crippen LogP contribution in [-0.4, -0.2) is 47.8 Å². The third-order valence-corrected chi connectivity index (χ3v) is 7.49. The second-order valence-corrected chi connectivity index (χ2v) is 9.20. The topological polar surface area (TPSA) is 40.6 Å². The van der Waals surface area contributed by atoms with Crippen molar-refractivity contribution in [2.45, 2.75) is 49.9 Å². The fourth-order valence-corrected chi connectivity index (χ4v) is 5.81. The smallest absolute Gasteiger partial charge is 0.230 e. The van der Waals surface area contributed by atoms with E-state index in [1.165, 1.54) is 11.1 Å². The van der Waals surface area contributed by atoms with Gasteiger partial charge in [-0.05, 0) is 48.8 Å². The molecule has 2 aromatic rings. The fourth-order valence-electron chi connectivity index (χ4n) is 5.81. The molecule has 1 aliphatic carbocycles. The predicted octanol–water partition coefficient (Wildman–Crippen LogP) is 3.90. The lowest BCUT2D eigenvalue weighted by Crippen LogP contribution is -2.45. The molecule has 0 bridgehead atoms. The molecule has 2 amide bonds. The molecule has 4 nitrogen and oxygen atoms in total. The largest absolute Gasteiger partial charge is 0.342 e. The Kier molecular flexibility index (Phi) is 5.10. The molecule has 4 heteroatoms. The highest BCUT2D eigenvalue weighted by Crippen LogP contribution is 2.52. The van der Waals surface area contributed by atoms with Gasteiger partial charge >= 0.3 is 0 Å². The Morgan fingerprint density at radius 2 is 1.50 bits per heavy atom. The average molecular weight is 403 g/mol. The normalized spacial score (nSPS) is 22.3. The van der Waals surface area contributed by atoms with Crippen LogP contribution in [0.15, 0.2) is 54.6 Å². The monoisotopic (exact) mass is 402 g/mol. The summed E-state index contributed by atoms with van der Waals surface area (Å²) >= 11 is 0. The van der Waals surface area contributed by atoms with Crippen molar-refractivity contribution in [3.8, 4) is 0 Å². The van der Waals surface area contributed by atoms with Crippen LogP contribution in [0.25, 0.3) is 0 Å². The number of hydrogen-bond donors (Lipinski definition) is 0. The maximum Gasteiger partial charge on any atom is 0.230 e. The second-order valence-electron chi connectivity index (χ2n) is 9.20. The van der Waals surface area contributed by atoms with E-state index in [1.807, 2.05) is 35.2 Å². The number of rotatable bonds is 3. The van der Waals surface area contributed by atoms with Gasteiger partial charge < -0.3 is 9.80 Å². The molecule has 2 saturated heterocycles. The SMILES string of the molecule is O=C(Cc1ccccc1)N1CCC2(CC1)CC(C(=O)N1CCCC1)c1ccccc12. The zero-order valence-corrected chi connectivity index (χ0v) is 17.6. The molecule has 3 aliphatic rings. The summed E-state index contributed by atoms with van der Waals surface area (Å²) in [6.07, 6.45) is 5.54. The maximum absolute atomic E-state index is 13.3. The van der Waals surface area contributed by atoms with Crippen molar-refractivity contribution in [2.24, 2.45) is 0 Å². The van der Waals surface area contributed by atoms with Crippen molar-refractivity contribution in [3.63, 3.8) is 0 Å². The van der Waals surface area contributed by atoms with Crippen LogP contribution >= 0.6 is 0 Å². The van der Waals surface area contributed by atoms with Crippen LogP contribution in [0, 0.1) is 0 Å². The number of piperidine rings is 1. The molecule has 1 atom stereocenters. The molecule has 156 valence electrons. The molecule has 2 heterocycles. The minimum absolute atomic E-state index is 0.00845. The minimum atomic E-state index is -0.00845. The zero-order chi connectivity index (χ0) is 20.6. The van der Waals surface area contributed by atoms with Crippen molar-refractivity contribution in [1.82, 2.24) is 9.80 Å². The van der Waals surface area contributed by atoms with E-state index in [0.29, 0.717) is 12.3 Å². The first-order valence-electron chi connectivity index (χ1n) is 11.4. The molecule has 0 saturated carbocycles. The van der Waals surface area contributed by atoms with Gasteiger partial charge in [-0.3, -0.25) is 9.59 Å². The van der Waals surface area contributed by atoms with Gasteiger partial charge in [-0.15, -0.1) is 0 Å². The first-order chi connectivity index (χ1) is 14.7. The van der Waals surface area contributed by atoms with Gasteiger partial charge in [0.2, 0.25) is 11.8 Å². The van der Waals surface area contributed by atoms with Crippen molar-refractivity contribution in [2.75, 3.05) is 26.2 Å². The van der Waals surface area contributed by atoms with E-state index in [9.17, 15) is 9.59 Å². The van der Waals surface area contributed by atoms with Crippen molar-refractivity contribution in [3.05, 3.63) is 71.3 Å². The lowest BCUT2D eigenvalue weighted by atomic mass is 9.73. The Balaban J connectivity index is 1.31. The van der Waals surface area contributed by atoms with E-state index in [2.05, 4.69) is 29.2 Å². The molecule has 2 fully saturated rings. The average Bonchev–Trinajstić information content (AvgIpc) is 3.43. The lowest BCUT2D eigenvalue weighted by molar-refractivity contribution is -0.134. The summed E-state index contributed by atoms with van der Waals surface area (Å²) in [5, 5.41) is 0. The van der Waals surface area contributed by atoms with Gasteiger partial charge in [0.25, 0.3) is 0 Å². The Morgan fingerprint density at radius 1 is 0.833 bits per heavy atom. The van der Waals surface area contributed by atoms with E-state index in [-0.39, 0.29) is 17.2 Å². The summed E-state index contributed by atoms with van der Waals surface area (Å²) in [6.45, 7) is 3.38. The standard InChI is InChI=1S/C26H30N2O2/c29-24(18-20-8-2-1-3-9-20)27-16-12-26(13-17-27)19-22(21-10-4-5-11-23(21)26)25(30)28-14-6-7-15-28/h1-5,8-11,22H,6-7,12-19H2. The van der Waals surface area contributed by atoms with E-state index in [0.717, 1.165) is 63.8 Å². The van der Waals surface area contributed by atoms with Gasteiger partial charge in [-0.2, -0.15) is 0 Å². The fraction of sp³-hybridized carbons (Fsp3) is 0.462. The lowest BCUT2D eigenvalue weighted by Gasteiger charge is -2.40. The number of carbonyl (C=O) groups excluding carboxylic acids is 2. The van der Waals surface area contributed by atoms with E-state index >= 15 is 0 Å². The van der Waals surface area contributed by atoms with E-state index in [4.69, 9.17) is 0 Å². The van der Waals surface area contributed by atoms with Gasteiger partial charge in [0.15, 0.2) is 0 Å². The number of fused-ring (bicyclic) bond motifs is 2. The van der Waals surface area contributed by atoms with Crippen LogP contribution in [0.2, 0.25) is 0 Å². The molecule has 0 radical (unpaired) electrons.